The SMILES string of the molecule is C=C(CNC(=O)Nc1nc2ccc(O)cc2s1)Nc1ccccc1C. The predicted octanol–water partition coefficient (Wildman–Crippen LogP) is 4.06. The smallest absolute Gasteiger partial charge is 0.321 e. The van der Waals surface area contributed by atoms with E-state index in [2.05, 4.69) is 27.5 Å². The molecule has 0 spiro atoms. The molecule has 3 rings (SSSR count). The molecule has 2 amide bonds. The molecule has 0 unspecified atom stereocenters. The molecule has 0 saturated carbocycles. The summed E-state index contributed by atoms with van der Waals surface area (Å²) in [5.41, 5.74) is 3.47. The third-order valence-corrected chi connectivity index (χ3v) is 4.44. The normalized spacial score (nSPS) is 10.4. The molecule has 6 nitrogen and oxygen atoms in total. The molecule has 0 saturated heterocycles. The molecule has 0 aliphatic carbocycles. The van der Waals surface area contributed by atoms with E-state index in [1.165, 1.54) is 11.3 Å². The second-order valence-electron chi connectivity index (χ2n) is 5.52. The number of thiazole rings is 1. The number of urea groups is 1. The van der Waals surface area contributed by atoms with Crippen LogP contribution in [0.1, 0.15) is 5.56 Å². The van der Waals surface area contributed by atoms with Crippen molar-refractivity contribution < 1.29 is 9.90 Å². The Hall–Kier alpha value is -3.06. The molecule has 0 atom stereocenters. The highest BCUT2D eigenvalue weighted by atomic mass is 32.1. The Kier molecular flexibility index (Phi) is 4.85. The van der Waals surface area contributed by atoms with Gasteiger partial charge in [0, 0.05) is 11.4 Å². The van der Waals surface area contributed by atoms with Gasteiger partial charge in [0.2, 0.25) is 0 Å². The third-order valence-electron chi connectivity index (χ3n) is 3.51. The number of fused-ring (bicyclic) bond motifs is 1. The lowest BCUT2D eigenvalue weighted by Gasteiger charge is -2.12. The van der Waals surface area contributed by atoms with Gasteiger partial charge in [0.1, 0.15) is 5.75 Å². The number of hydrogen-bond acceptors (Lipinski definition) is 5. The zero-order valence-corrected chi connectivity index (χ0v) is 14.5. The number of carbonyl (C=O) groups excluding carboxylic acids is 1. The minimum Gasteiger partial charge on any atom is -0.508 e. The number of hydrogen-bond donors (Lipinski definition) is 4. The Labute approximate surface area is 149 Å². The average molecular weight is 354 g/mol. The van der Waals surface area contributed by atoms with Gasteiger partial charge in [-0.1, -0.05) is 36.1 Å². The summed E-state index contributed by atoms with van der Waals surface area (Å²) in [6.07, 6.45) is 0. The van der Waals surface area contributed by atoms with E-state index in [1.54, 1.807) is 18.2 Å². The van der Waals surface area contributed by atoms with Crippen LogP contribution in [0.3, 0.4) is 0 Å². The summed E-state index contributed by atoms with van der Waals surface area (Å²) in [6, 6.07) is 12.4. The van der Waals surface area contributed by atoms with Gasteiger partial charge in [-0.15, -0.1) is 0 Å². The topological polar surface area (TPSA) is 86.3 Å². The van der Waals surface area contributed by atoms with Gasteiger partial charge in [0.05, 0.1) is 16.8 Å². The number of aromatic hydroxyl groups is 1. The van der Waals surface area contributed by atoms with Crippen molar-refractivity contribution in [2.45, 2.75) is 6.92 Å². The number of rotatable bonds is 5. The molecule has 7 heteroatoms. The maximum atomic E-state index is 12.0. The van der Waals surface area contributed by atoms with Crippen molar-refractivity contribution >= 4 is 38.4 Å². The fraction of sp³-hybridized carbons (Fsp3) is 0.111. The largest absolute Gasteiger partial charge is 0.508 e. The van der Waals surface area contributed by atoms with E-state index in [0.29, 0.717) is 10.8 Å². The molecule has 25 heavy (non-hydrogen) atoms. The molecule has 3 aromatic rings. The maximum Gasteiger partial charge on any atom is 0.321 e. The number of aryl methyl sites for hydroxylation is 1. The van der Waals surface area contributed by atoms with Crippen LogP contribution in [0, 0.1) is 6.92 Å². The van der Waals surface area contributed by atoms with Crippen LogP contribution in [0.5, 0.6) is 5.75 Å². The molecule has 2 aromatic carbocycles. The highest BCUT2D eigenvalue weighted by molar-refractivity contribution is 7.22. The first kappa shape index (κ1) is 16.8. The molecule has 0 radical (unpaired) electrons. The minimum atomic E-state index is -0.365. The number of benzene rings is 2. The molecule has 4 N–H and O–H groups in total. The van der Waals surface area contributed by atoms with Crippen molar-refractivity contribution in [3.8, 4) is 5.75 Å². The van der Waals surface area contributed by atoms with Crippen LogP contribution in [-0.4, -0.2) is 22.7 Å². The number of phenols is 1. The molecular weight excluding hydrogens is 336 g/mol. The molecular formula is C18H18N4O2S. The first-order valence-electron chi connectivity index (χ1n) is 7.66. The van der Waals surface area contributed by atoms with Gasteiger partial charge in [-0.2, -0.15) is 0 Å². The quantitative estimate of drug-likeness (QED) is 0.557. The van der Waals surface area contributed by atoms with E-state index in [1.807, 2.05) is 31.2 Å². The lowest BCUT2D eigenvalue weighted by molar-refractivity contribution is 0.253. The Morgan fingerprint density at radius 2 is 2.04 bits per heavy atom. The standard InChI is InChI=1S/C18H18N4O2S/c1-11-5-3-4-6-14(11)20-12(2)10-19-17(24)22-18-21-15-8-7-13(23)9-16(15)25-18/h3-9,20,23H,2,10H2,1H3,(H2,19,21,22,24). The molecule has 0 aliphatic rings. The second kappa shape index (κ2) is 7.23. The summed E-state index contributed by atoms with van der Waals surface area (Å²) in [7, 11) is 0. The summed E-state index contributed by atoms with van der Waals surface area (Å²) in [6.45, 7) is 6.20. The molecule has 1 heterocycles. The van der Waals surface area contributed by atoms with Gasteiger partial charge in [0.25, 0.3) is 0 Å². The highest BCUT2D eigenvalue weighted by Gasteiger charge is 2.08. The fourth-order valence-electron chi connectivity index (χ4n) is 2.24. The zero-order chi connectivity index (χ0) is 17.8. The van der Waals surface area contributed by atoms with Gasteiger partial charge < -0.3 is 15.7 Å². The van der Waals surface area contributed by atoms with E-state index in [9.17, 15) is 9.90 Å². The van der Waals surface area contributed by atoms with Crippen molar-refractivity contribution in [2.75, 3.05) is 17.2 Å². The monoisotopic (exact) mass is 354 g/mol. The lowest BCUT2D eigenvalue weighted by Crippen LogP contribution is -2.31. The number of nitrogens with one attached hydrogen (secondary N) is 3. The Morgan fingerprint density at radius 3 is 2.84 bits per heavy atom. The van der Waals surface area contributed by atoms with Gasteiger partial charge in [0.15, 0.2) is 5.13 Å². The van der Waals surface area contributed by atoms with Crippen LogP contribution in [0.25, 0.3) is 10.2 Å². The third kappa shape index (κ3) is 4.27. The number of amides is 2. The van der Waals surface area contributed by atoms with Crippen molar-refractivity contribution in [1.29, 1.82) is 0 Å². The Bertz CT molecular complexity index is 936. The van der Waals surface area contributed by atoms with Gasteiger partial charge in [-0.3, -0.25) is 5.32 Å². The van der Waals surface area contributed by atoms with E-state index in [0.717, 1.165) is 21.5 Å². The molecule has 0 aliphatic heterocycles. The molecule has 0 fully saturated rings. The summed E-state index contributed by atoms with van der Waals surface area (Å²) in [5.74, 6) is 0.172. The van der Waals surface area contributed by atoms with E-state index < -0.39 is 0 Å². The van der Waals surface area contributed by atoms with Crippen molar-refractivity contribution in [3.63, 3.8) is 0 Å². The fourth-order valence-corrected chi connectivity index (χ4v) is 3.14. The van der Waals surface area contributed by atoms with Gasteiger partial charge >= 0.3 is 6.03 Å². The van der Waals surface area contributed by atoms with E-state index in [4.69, 9.17) is 0 Å². The Morgan fingerprint density at radius 1 is 1.24 bits per heavy atom. The van der Waals surface area contributed by atoms with Gasteiger partial charge in [-0.05, 0) is 36.8 Å². The predicted molar refractivity (Wildman–Crippen MR) is 102 cm³/mol. The zero-order valence-electron chi connectivity index (χ0n) is 13.7. The van der Waals surface area contributed by atoms with Gasteiger partial charge in [-0.25, -0.2) is 9.78 Å². The van der Waals surface area contributed by atoms with Crippen LogP contribution >= 0.6 is 11.3 Å². The van der Waals surface area contributed by atoms with E-state index in [-0.39, 0.29) is 18.3 Å². The van der Waals surface area contributed by atoms with Crippen molar-refractivity contribution in [1.82, 2.24) is 10.3 Å². The molecule has 128 valence electrons. The second-order valence-corrected chi connectivity index (χ2v) is 6.55. The summed E-state index contributed by atoms with van der Waals surface area (Å²) in [4.78, 5) is 16.3. The van der Waals surface area contributed by atoms with E-state index >= 15 is 0 Å². The summed E-state index contributed by atoms with van der Waals surface area (Å²) >= 11 is 1.30. The number of phenolic OH excluding ortho intramolecular Hbond substituents is 1. The van der Waals surface area contributed by atoms with Crippen molar-refractivity contribution in [2.24, 2.45) is 0 Å². The minimum absolute atomic E-state index is 0.172. The van der Waals surface area contributed by atoms with Crippen LogP contribution in [0.2, 0.25) is 0 Å². The number of carbonyl (C=O) groups is 1. The summed E-state index contributed by atoms with van der Waals surface area (Å²) in [5, 5.41) is 18.5. The number of anilines is 2. The molecule has 1 aromatic heterocycles. The van der Waals surface area contributed by atoms with Crippen LogP contribution < -0.4 is 16.0 Å². The Balaban J connectivity index is 1.53. The first-order valence-corrected chi connectivity index (χ1v) is 8.48. The molecule has 0 bridgehead atoms. The first-order chi connectivity index (χ1) is 12.0. The van der Waals surface area contributed by atoms with Crippen LogP contribution in [-0.2, 0) is 0 Å². The van der Waals surface area contributed by atoms with Crippen LogP contribution in [0.15, 0.2) is 54.7 Å². The van der Waals surface area contributed by atoms with Crippen molar-refractivity contribution in [3.05, 3.63) is 60.3 Å². The number of nitrogens with zero attached hydrogens (tertiary/aromatic N) is 1. The average Bonchev–Trinajstić information content (AvgIpc) is 2.96. The lowest BCUT2D eigenvalue weighted by atomic mass is 10.2. The summed E-state index contributed by atoms with van der Waals surface area (Å²) < 4.78 is 0.806. The number of aromatic nitrogens is 1. The maximum absolute atomic E-state index is 12.0. The number of para-hydroxylation sites is 1. The highest BCUT2D eigenvalue weighted by Crippen LogP contribution is 2.28. The van der Waals surface area contributed by atoms with Crippen LogP contribution in [0.4, 0.5) is 15.6 Å².